The van der Waals surface area contributed by atoms with Crippen molar-refractivity contribution in [2.45, 2.75) is 10.8 Å². The van der Waals surface area contributed by atoms with Gasteiger partial charge in [0.2, 0.25) is 0 Å². The maximum atomic E-state index is 11.8. The molecule has 92 valence electrons. The Morgan fingerprint density at radius 3 is 2.82 bits per heavy atom. The molecule has 0 bridgehead atoms. The average Bonchev–Trinajstić information content (AvgIpc) is 2.85. The molecule has 1 N–H and O–H groups in total. The van der Waals surface area contributed by atoms with Crippen LogP contribution in [-0.4, -0.2) is 13.4 Å². The van der Waals surface area contributed by atoms with Crippen LogP contribution in [0.5, 0.6) is 0 Å². The van der Waals surface area contributed by atoms with Crippen molar-refractivity contribution in [3.63, 3.8) is 0 Å². The molecule has 0 aliphatic heterocycles. The first-order valence-electron chi connectivity index (χ1n) is 4.31. The normalized spacial score (nSPS) is 11.9. The molecule has 0 unspecified atom stereocenters. The van der Waals surface area contributed by atoms with Gasteiger partial charge in [0, 0.05) is 21.3 Å². The number of sulfonamides is 1. The highest BCUT2D eigenvalue weighted by molar-refractivity contribution is 9.10. The molecule has 17 heavy (non-hydrogen) atoms. The maximum absolute atomic E-state index is 11.8. The lowest BCUT2D eigenvalue weighted by Crippen LogP contribution is -2.21. The van der Waals surface area contributed by atoms with Crippen molar-refractivity contribution in [2.24, 2.45) is 0 Å². The summed E-state index contributed by atoms with van der Waals surface area (Å²) < 4.78 is 27.4. The van der Waals surface area contributed by atoms with E-state index in [4.69, 9.17) is 11.6 Å². The first kappa shape index (κ1) is 13.4. The number of thiophene rings is 1. The SMILES string of the molecule is O=S(=O)(NCc1cc(Br)cs1)c1cnc(Cl)s1. The van der Waals surface area contributed by atoms with Crippen molar-refractivity contribution >= 4 is 60.2 Å². The minimum Gasteiger partial charge on any atom is -0.232 e. The summed E-state index contributed by atoms with van der Waals surface area (Å²) in [6.45, 7) is 0.258. The third kappa shape index (κ3) is 3.49. The number of aromatic nitrogens is 1. The van der Waals surface area contributed by atoms with Crippen molar-refractivity contribution in [1.82, 2.24) is 9.71 Å². The zero-order valence-electron chi connectivity index (χ0n) is 8.18. The van der Waals surface area contributed by atoms with Crippen molar-refractivity contribution in [1.29, 1.82) is 0 Å². The molecule has 0 saturated carbocycles. The van der Waals surface area contributed by atoms with Crippen LogP contribution >= 0.6 is 50.2 Å². The van der Waals surface area contributed by atoms with Gasteiger partial charge in [0.1, 0.15) is 0 Å². The lowest BCUT2D eigenvalue weighted by Gasteiger charge is -2.01. The van der Waals surface area contributed by atoms with E-state index in [1.165, 1.54) is 17.5 Å². The van der Waals surface area contributed by atoms with E-state index in [9.17, 15) is 8.42 Å². The quantitative estimate of drug-likeness (QED) is 0.896. The van der Waals surface area contributed by atoms with Crippen LogP contribution in [0.4, 0.5) is 0 Å². The van der Waals surface area contributed by atoms with Crippen LogP contribution in [0.15, 0.2) is 26.3 Å². The van der Waals surface area contributed by atoms with Crippen LogP contribution in [0, 0.1) is 0 Å². The van der Waals surface area contributed by atoms with Gasteiger partial charge < -0.3 is 0 Å². The Bertz CT molecular complexity index is 622. The number of halogens is 2. The van der Waals surface area contributed by atoms with Gasteiger partial charge in [-0.2, -0.15) is 0 Å². The Morgan fingerprint density at radius 2 is 2.29 bits per heavy atom. The molecule has 0 fully saturated rings. The molecule has 4 nitrogen and oxygen atoms in total. The standard InChI is InChI=1S/C8H6BrClN2O2S3/c9-5-1-6(15-4-5)2-12-17(13,14)7-3-11-8(10)16-7/h1,3-4,12H,2H2. The summed E-state index contributed by atoms with van der Waals surface area (Å²) in [5, 5.41) is 1.90. The van der Waals surface area contributed by atoms with E-state index >= 15 is 0 Å². The first-order valence-corrected chi connectivity index (χ1v) is 8.66. The van der Waals surface area contributed by atoms with Crippen LogP contribution in [-0.2, 0) is 16.6 Å². The van der Waals surface area contributed by atoms with Crippen molar-refractivity contribution in [2.75, 3.05) is 0 Å². The zero-order chi connectivity index (χ0) is 12.5. The second-order valence-corrected chi connectivity index (χ2v) is 8.51. The van der Waals surface area contributed by atoms with E-state index in [0.29, 0.717) is 0 Å². The van der Waals surface area contributed by atoms with Crippen molar-refractivity contribution < 1.29 is 8.42 Å². The Balaban J connectivity index is 2.08. The molecule has 0 spiro atoms. The fourth-order valence-corrected chi connectivity index (χ4v) is 4.87. The molecule has 0 atom stereocenters. The summed E-state index contributed by atoms with van der Waals surface area (Å²) in [7, 11) is -3.52. The second-order valence-electron chi connectivity index (χ2n) is 2.99. The lowest BCUT2D eigenvalue weighted by atomic mass is 10.5. The molecular weight excluding hydrogens is 368 g/mol. The lowest BCUT2D eigenvalue weighted by molar-refractivity contribution is 0.584. The third-order valence-electron chi connectivity index (χ3n) is 1.78. The van der Waals surface area contributed by atoms with Crippen molar-refractivity contribution in [3.8, 4) is 0 Å². The van der Waals surface area contributed by atoms with E-state index in [0.717, 1.165) is 20.7 Å². The minimum absolute atomic E-state index is 0.123. The molecule has 2 aromatic rings. The highest BCUT2D eigenvalue weighted by Crippen LogP contribution is 2.23. The Morgan fingerprint density at radius 1 is 1.53 bits per heavy atom. The molecule has 2 rings (SSSR count). The topological polar surface area (TPSA) is 59.1 Å². The molecule has 0 aliphatic rings. The van der Waals surface area contributed by atoms with E-state index < -0.39 is 10.0 Å². The van der Waals surface area contributed by atoms with Gasteiger partial charge in [0.25, 0.3) is 10.0 Å². The third-order valence-corrected chi connectivity index (χ3v) is 6.45. The van der Waals surface area contributed by atoms with Crippen LogP contribution in [0.3, 0.4) is 0 Å². The average molecular weight is 374 g/mol. The molecule has 9 heteroatoms. The fraction of sp³-hybridized carbons (Fsp3) is 0.125. The number of nitrogens with one attached hydrogen (secondary N) is 1. The molecule has 2 heterocycles. The maximum Gasteiger partial charge on any atom is 0.252 e. The Kier molecular flexibility index (Phi) is 4.22. The Hall–Kier alpha value is 0.01000. The second kappa shape index (κ2) is 5.33. The molecule has 0 aliphatic carbocycles. The van der Waals surface area contributed by atoms with Gasteiger partial charge in [-0.25, -0.2) is 18.1 Å². The van der Waals surface area contributed by atoms with Gasteiger partial charge >= 0.3 is 0 Å². The predicted octanol–water partition coefficient (Wildman–Crippen LogP) is 3.10. The number of thiazole rings is 1. The van der Waals surface area contributed by atoms with Gasteiger partial charge in [0.15, 0.2) is 8.68 Å². The van der Waals surface area contributed by atoms with Crippen LogP contribution in [0.1, 0.15) is 4.88 Å². The van der Waals surface area contributed by atoms with Crippen molar-refractivity contribution in [3.05, 3.63) is 31.5 Å². The van der Waals surface area contributed by atoms with Gasteiger partial charge in [-0.3, -0.25) is 0 Å². The Labute approximate surface area is 120 Å². The fourth-order valence-electron chi connectivity index (χ4n) is 1.05. The summed E-state index contributed by atoms with van der Waals surface area (Å²) in [5.41, 5.74) is 0. The smallest absolute Gasteiger partial charge is 0.232 e. The number of nitrogens with zero attached hydrogens (tertiary/aromatic N) is 1. The monoisotopic (exact) mass is 372 g/mol. The molecular formula is C8H6BrClN2O2S3. The summed E-state index contributed by atoms with van der Waals surface area (Å²) in [4.78, 5) is 4.63. The van der Waals surface area contributed by atoms with Crippen LogP contribution in [0.2, 0.25) is 4.47 Å². The van der Waals surface area contributed by atoms with Crippen LogP contribution < -0.4 is 4.72 Å². The molecule has 0 amide bonds. The molecule has 0 aromatic carbocycles. The number of hydrogen-bond donors (Lipinski definition) is 1. The highest BCUT2D eigenvalue weighted by Gasteiger charge is 2.17. The number of rotatable bonds is 4. The van der Waals surface area contributed by atoms with Gasteiger partial charge in [-0.1, -0.05) is 22.9 Å². The molecule has 0 saturated heterocycles. The summed E-state index contributed by atoms with van der Waals surface area (Å²) in [6.07, 6.45) is 1.25. The summed E-state index contributed by atoms with van der Waals surface area (Å²) in [6, 6.07) is 1.87. The molecule has 0 radical (unpaired) electrons. The summed E-state index contributed by atoms with van der Waals surface area (Å²) >= 11 is 11.3. The van der Waals surface area contributed by atoms with Gasteiger partial charge in [-0.05, 0) is 22.0 Å². The van der Waals surface area contributed by atoms with E-state index in [1.54, 1.807) is 0 Å². The largest absolute Gasteiger partial charge is 0.252 e. The van der Waals surface area contributed by atoms with E-state index in [-0.39, 0.29) is 15.2 Å². The zero-order valence-corrected chi connectivity index (χ0v) is 13.0. The van der Waals surface area contributed by atoms with E-state index in [2.05, 4.69) is 25.6 Å². The van der Waals surface area contributed by atoms with Gasteiger partial charge in [-0.15, -0.1) is 11.3 Å². The van der Waals surface area contributed by atoms with Gasteiger partial charge in [0.05, 0.1) is 6.20 Å². The van der Waals surface area contributed by atoms with E-state index in [1.807, 2.05) is 11.4 Å². The first-order chi connectivity index (χ1) is 7.97. The van der Waals surface area contributed by atoms with Crippen LogP contribution in [0.25, 0.3) is 0 Å². The predicted molar refractivity (Wildman–Crippen MR) is 73.2 cm³/mol. The minimum atomic E-state index is -3.52. The number of hydrogen-bond acceptors (Lipinski definition) is 5. The molecule has 2 aromatic heterocycles. The highest BCUT2D eigenvalue weighted by atomic mass is 79.9. The summed E-state index contributed by atoms with van der Waals surface area (Å²) in [5.74, 6) is 0.